The van der Waals surface area contributed by atoms with Gasteiger partial charge in [-0.3, -0.25) is 4.79 Å². The van der Waals surface area contributed by atoms with E-state index in [4.69, 9.17) is 0 Å². The van der Waals surface area contributed by atoms with Crippen LogP contribution in [0.3, 0.4) is 0 Å². The number of hydrogen-bond donors (Lipinski definition) is 2. The van der Waals surface area contributed by atoms with Gasteiger partial charge in [-0.25, -0.2) is 0 Å². The van der Waals surface area contributed by atoms with Gasteiger partial charge in [0, 0.05) is 12.6 Å². The van der Waals surface area contributed by atoms with Gasteiger partial charge in [-0.05, 0) is 37.3 Å². The van der Waals surface area contributed by atoms with E-state index in [2.05, 4.69) is 55.7 Å². The van der Waals surface area contributed by atoms with Gasteiger partial charge in [0.2, 0.25) is 5.91 Å². The molecule has 3 nitrogen and oxygen atoms in total. The molecule has 0 aliphatic carbocycles. The van der Waals surface area contributed by atoms with Crippen molar-refractivity contribution in [3.05, 3.63) is 35.4 Å². The second-order valence-electron chi connectivity index (χ2n) is 6.71. The molecule has 0 spiro atoms. The molecule has 0 aromatic heterocycles. The summed E-state index contributed by atoms with van der Waals surface area (Å²) in [5.74, 6) is 0.0475. The molecule has 1 aromatic carbocycles. The molecule has 1 unspecified atom stereocenters. The lowest BCUT2D eigenvalue weighted by Gasteiger charge is -2.20. The Morgan fingerprint density at radius 1 is 1.10 bits per heavy atom. The summed E-state index contributed by atoms with van der Waals surface area (Å²) in [4.78, 5) is 11.8. The van der Waals surface area contributed by atoms with Crippen molar-refractivity contribution in [2.75, 3.05) is 0 Å². The summed E-state index contributed by atoms with van der Waals surface area (Å²) >= 11 is 0. The third kappa shape index (κ3) is 5.33. The van der Waals surface area contributed by atoms with Gasteiger partial charge in [0.05, 0.1) is 6.04 Å². The normalized spacial score (nSPS) is 13.3. The Kier molecular flexibility index (Phi) is 5.75. The summed E-state index contributed by atoms with van der Waals surface area (Å²) in [5, 5.41) is 6.16. The van der Waals surface area contributed by atoms with Crippen molar-refractivity contribution in [3.8, 4) is 0 Å². The molecule has 0 saturated heterocycles. The Bertz CT molecular complexity index is 429. The minimum Gasteiger partial charge on any atom is -0.353 e. The van der Waals surface area contributed by atoms with Crippen LogP contribution in [0.25, 0.3) is 0 Å². The Morgan fingerprint density at radius 3 is 2.10 bits per heavy atom. The number of amides is 1. The van der Waals surface area contributed by atoms with Gasteiger partial charge in [0.15, 0.2) is 0 Å². The highest BCUT2D eigenvalue weighted by molar-refractivity contribution is 5.81. The molecule has 20 heavy (non-hydrogen) atoms. The van der Waals surface area contributed by atoms with Crippen molar-refractivity contribution in [3.63, 3.8) is 0 Å². The Balaban J connectivity index is 2.52. The molecule has 0 bridgehead atoms. The maximum atomic E-state index is 11.8. The fourth-order valence-corrected chi connectivity index (χ4v) is 1.90. The second kappa shape index (κ2) is 6.89. The molecule has 0 radical (unpaired) electrons. The van der Waals surface area contributed by atoms with Crippen molar-refractivity contribution >= 4 is 5.91 Å². The summed E-state index contributed by atoms with van der Waals surface area (Å²) < 4.78 is 0. The molecule has 2 N–H and O–H groups in total. The smallest absolute Gasteiger partial charge is 0.237 e. The van der Waals surface area contributed by atoms with E-state index < -0.39 is 0 Å². The van der Waals surface area contributed by atoms with E-state index in [0.717, 1.165) is 0 Å². The summed E-state index contributed by atoms with van der Waals surface area (Å²) in [6.07, 6.45) is 0. The first-order valence-electron chi connectivity index (χ1n) is 7.33. The predicted octanol–water partition coefficient (Wildman–Crippen LogP) is 2.99. The minimum atomic E-state index is -0.181. The van der Waals surface area contributed by atoms with Crippen molar-refractivity contribution in [2.45, 2.75) is 65.6 Å². The summed E-state index contributed by atoms with van der Waals surface area (Å²) in [7, 11) is 0. The lowest BCUT2D eigenvalue weighted by molar-refractivity contribution is -0.123. The van der Waals surface area contributed by atoms with Gasteiger partial charge < -0.3 is 10.6 Å². The topological polar surface area (TPSA) is 41.1 Å². The Hall–Kier alpha value is -1.35. The molecule has 0 fully saturated rings. The maximum absolute atomic E-state index is 11.8. The highest BCUT2D eigenvalue weighted by Gasteiger charge is 2.14. The van der Waals surface area contributed by atoms with E-state index >= 15 is 0 Å². The van der Waals surface area contributed by atoms with Crippen LogP contribution in [-0.2, 0) is 16.8 Å². The molecule has 0 aliphatic rings. The standard InChI is InChI=1S/C17H28N2O/c1-12(2)19-16(20)13(3)18-11-14-7-9-15(10-8-14)17(4,5)6/h7-10,12-13,18H,11H2,1-6H3,(H,19,20). The molecule has 0 saturated carbocycles. The fourth-order valence-electron chi connectivity index (χ4n) is 1.90. The van der Waals surface area contributed by atoms with Crippen LogP contribution < -0.4 is 10.6 Å². The van der Waals surface area contributed by atoms with Crippen LogP contribution >= 0.6 is 0 Å². The third-order valence-corrected chi connectivity index (χ3v) is 3.26. The third-order valence-electron chi connectivity index (χ3n) is 3.26. The average molecular weight is 276 g/mol. The van der Waals surface area contributed by atoms with Gasteiger partial charge in [-0.15, -0.1) is 0 Å². The zero-order valence-corrected chi connectivity index (χ0v) is 13.6. The monoisotopic (exact) mass is 276 g/mol. The number of carbonyl (C=O) groups is 1. The summed E-state index contributed by atoms with van der Waals surface area (Å²) in [5.41, 5.74) is 2.70. The van der Waals surface area contributed by atoms with Gasteiger partial charge in [0.25, 0.3) is 0 Å². The molecule has 0 heterocycles. The van der Waals surface area contributed by atoms with Gasteiger partial charge in [-0.2, -0.15) is 0 Å². The van der Waals surface area contributed by atoms with Crippen LogP contribution in [0.15, 0.2) is 24.3 Å². The van der Waals surface area contributed by atoms with E-state index in [1.807, 2.05) is 20.8 Å². The summed E-state index contributed by atoms with van der Waals surface area (Å²) in [6.45, 7) is 13.2. The minimum absolute atomic E-state index is 0.0475. The molecule has 1 aromatic rings. The van der Waals surface area contributed by atoms with Crippen LogP contribution in [0, 0.1) is 0 Å². The molecule has 3 heteroatoms. The largest absolute Gasteiger partial charge is 0.353 e. The zero-order valence-electron chi connectivity index (χ0n) is 13.6. The van der Waals surface area contributed by atoms with Crippen molar-refractivity contribution in [1.82, 2.24) is 10.6 Å². The number of rotatable bonds is 5. The first kappa shape index (κ1) is 16.7. The van der Waals surface area contributed by atoms with Crippen molar-refractivity contribution < 1.29 is 4.79 Å². The summed E-state index contributed by atoms with van der Waals surface area (Å²) in [6, 6.07) is 8.57. The first-order valence-corrected chi connectivity index (χ1v) is 7.33. The zero-order chi connectivity index (χ0) is 15.3. The van der Waals surface area contributed by atoms with E-state index in [1.165, 1.54) is 11.1 Å². The SMILES string of the molecule is CC(C)NC(=O)C(C)NCc1ccc(C(C)(C)C)cc1. The van der Waals surface area contributed by atoms with Crippen molar-refractivity contribution in [2.24, 2.45) is 0 Å². The van der Waals surface area contributed by atoms with Crippen LogP contribution in [0.5, 0.6) is 0 Å². The molecule has 1 atom stereocenters. The number of carbonyl (C=O) groups excluding carboxylic acids is 1. The average Bonchev–Trinajstić information content (AvgIpc) is 2.34. The molecule has 1 amide bonds. The lowest BCUT2D eigenvalue weighted by atomic mass is 9.87. The lowest BCUT2D eigenvalue weighted by Crippen LogP contribution is -2.44. The Morgan fingerprint density at radius 2 is 1.65 bits per heavy atom. The number of hydrogen-bond acceptors (Lipinski definition) is 2. The van der Waals surface area contributed by atoms with E-state index in [1.54, 1.807) is 0 Å². The number of benzene rings is 1. The predicted molar refractivity (Wildman–Crippen MR) is 84.7 cm³/mol. The first-order chi connectivity index (χ1) is 9.20. The molecular weight excluding hydrogens is 248 g/mol. The second-order valence-corrected chi connectivity index (χ2v) is 6.71. The molecule has 112 valence electrons. The Labute approximate surface area is 123 Å². The van der Waals surface area contributed by atoms with Crippen LogP contribution in [0.2, 0.25) is 0 Å². The number of nitrogens with one attached hydrogen (secondary N) is 2. The van der Waals surface area contributed by atoms with Crippen LogP contribution in [0.1, 0.15) is 52.7 Å². The molecular formula is C17H28N2O. The highest BCUT2D eigenvalue weighted by atomic mass is 16.2. The fraction of sp³-hybridized carbons (Fsp3) is 0.588. The highest BCUT2D eigenvalue weighted by Crippen LogP contribution is 2.22. The quantitative estimate of drug-likeness (QED) is 0.868. The van der Waals surface area contributed by atoms with Gasteiger partial charge in [0.1, 0.15) is 0 Å². The van der Waals surface area contributed by atoms with E-state index in [-0.39, 0.29) is 23.4 Å². The van der Waals surface area contributed by atoms with Gasteiger partial charge >= 0.3 is 0 Å². The molecule has 0 aliphatic heterocycles. The van der Waals surface area contributed by atoms with E-state index in [0.29, 0.717) is 6.54 Å². The maximum Gasteiger partial charge on any atom is 0.237 e. The van der Waals surface area contributed by atoms with Crippen molar-refractivity contribution in [1.29, 1.82) is 0 Å². The molecule has 1 rings (SSSR count). The van der Waals surface area contributed by atoms with Gasteiger partial charge in [-0.1, -0.05) is 45.0 Å². The van der Waals surface area contributed by atoms with E-state index in [9.17, 15) is 4.79 Å². The van der Waals surface area contributed by atoms with Crippen LogP contribution in [-0.4, -0.2) is 18.0 Å². The van der Waals surface area contributed by atoms with Crippen LogP contribution in [0.4, 0.5) is 0 Å².